The first kappa shape index (κ1) is 17.0. The third kappa shape index (κ3) is 5.41. The molecule has 0 radical (unpaired) electrons. The van der Waals surface area contributed by atoms with Crippen molar-refractivity contribution in [1.82, 2.24) is 10.2 Å². The number of hydrogen-bond donors (Lipinski definition) is 1. The van der Waals surface area contributed by atoms with Crippen LogP contribution in [0.5, 0.6) is 0 Å². The van der Waals surface area contributed by atoms with Gasteiger partial charge in [-0.3, -0.25) is 4.79 Å². The van der Waals surface area contributed by atoms with E-state index in [1.54, 1.807) is 30.2 Å². The Bertz CT molecular complexity index is 629. The van der Waals surface area contributed by atoms with Crippen LogP contribution in [0.15, 0.2) is 47.2 Å². The Morgan fingerprint density at radius 1 is 1.22 bits per heavy atom. The zero-order valence-corrected chi connectivity index (χ0v) is 14.0. The minimum atomic E-state index is -0.637. The molecule has 0 fully saturated rings. The normalized spacial score (nSPS) is 11.6. The third-order valence-corrected chi connectivity index (χ3v) is 4.03. The van der Waals surface area contributed by atoms with Gasteiger partial charge in [0.25, 0.3) is 0 Å². The lowest BCUT2D eigenvalue weighted by Gasteiger charge is -2.21. The molecule has 0 aliphatic carbocycles. The van der Waals surface area contributed by atoms with E-state index in [-0.39, 0.29) is 12.5 Å². The van der Waals surface area contributed by atoms with Crippen molar-refractivity contribution >= 4 is 23.3 Å². The summed E-state index contributed by atoms with van der Waals surface area (Å²) in [5.41, 5.74) is 1.97. The number of alkyl carbamates (subject to hydrolysis) is 1. The van der Waals surface area contributed by atoms with Gasteiger partial charge in [-0.05, 0) is 34.9 Å². The molecule has 2 aromatic rings. The average molecular weight is 332 g/mol. The minimum absolute atomic E-state index is 0.159. The van der Waals surface area contributed by atoms with Crippen LogP contribution >= 0.6 is 11.3 Å². The molecule has 0 aliphatic heterocycles. The standard InChI is InChI=1S/C17H20N2O3S/c1-13(16(20)19(2)10-15-8-9-23-12-15)18-17(21)22-11-14-6-4-3-5-7-14/h3-9,12-13H,10-11H2,1-2H3,(H,18,21)/t13-/m0/s1. The molecule has 1 N–H and O–H groups in total. The van der Waals surface area contributed by atoms with Crippen molar-refractivity contribution in [2.24, 2.45) is 0 Å². The lowest BCUT2D eigenvalue weighted by atomic mass is 10.2. The van der Waals surface area contributed by atoms with Crippen molar-refractivity contribution in [3.63, 3.8) is 0 Å². The molecule has 6 heteroatoms. The van der Waals surface area contributed by atoms with Gasteiger partial charge in [-0.15, -0.1) is 0 Å². The molecule has 2 amide bonds. The molecule has 0 saturated heterocycles. The van der Waals surface area contributed by atoms with E-state index in [1.165, 1.54) is 0 Å². The van der Waals surface area contributed by atoms with Crippen LogP contribution in [0.3, 0.4) is 0 Å². The van der Waals surface area contributed by atoms with Crippen LogP contribution < -0.4 is 5.32 Å². The van der Waals surface area contributed by atoms with E-state index in [2.05, 4.69) is 5.32 Å². The maximum absolute atomic E-state index is 12.2. The molecule has 1 aromatic heterocycles. The number of carbonyl (C=O) groups is 2. The lowest BCUT2D eigenvalue weighted by molar-refractivity contribution is -0.132. The van der Waals surface area contributed by atoms with Gasteiger partial charge >= 0.3 is 6.09 Å². The van der Waals surface area contributed by atoms with Gasteiger partial charge in [0.2, 0.25) is 5.91 Å². The summed E-state index contributed by atoms with van der Waals surface area (Å²) >= 11 is 1.59. The van der Waals surface area contributed by atoms with E-state index in [0.29, 0.717) is 6.54 Å². The van der Waals surface area contributed by atoms with Crippen molar-refractivity contribution in [1.29, 1.82) is 0 Å². The van der Waals surface area contributed by atoms with Crippen LogP contribution in [0.2, 0.25) is 0 Å². The highest BCUT2D eigenvalue weighted by Crippen LogP contribution is 2.09. The summed E-state index contributed by atoms with van der Waals surface area (Å²) in [5.74, 6) is -0.159. The summed E-state index contributed by atoms with van der Waals surface area (Å²) < 4.78 is 5.12. The maximum atomic E-state index is 12.2. The van der Waals surface area contributed by atoms with E-state index >= 15 is 0 Å². The van der Waals surface area contributed by atoms with Gasteiger partial charge < -0.3 is 15.0 Å². The largest absolute Gasteiger partial charge is 0.445 e. The molecule has 122 valence electrons. The zero-order chi connectivity index (χ0) is 16.7. The molecule has 0 aliphatic rings. The Morgan fingerprint density at radius 2 is 1.96 bits per heavy atom. The van der Waals surface area contributed by atoms with Crippen molar-refractivity contribution in [2.45, 2.75) is 26.1 Å². The topological polar surface area (TPSA) is 58.6 Å². The monoisotopic (exact) mass is 332 g/mol. The smallest absolute Gasteiger partial charge is 0.408 e. The van der Waals surface area contributed by atoms with Gasteiger partial charge in [0, 0.05) is 13.6 Å². The van der Waals surface area contributed by atoms with E-state index in [9.17, 15) is 9.59 Å². The number of likely N-dealkylation sites (N-methyl/N-ethyl adjacent to an activating group) is 1. The van der Waals surface area contributed by atoms with Gasteiger partial charge in [0.05, 0.1) is 0 Å². The van der Waals surface area contributed by atoms with E-state index in [1.807, 2.05) is 47.2 Å². The number of thiophene rings is 1. The Morgan fingerprint density at radius 3 is 2.61 bits per heavy atom. The third-order valence-electron chi connectivity index (χ3n) is 3.29. The predicted molar refractivity (Wildman–Crippen MR) is 90.0 cm³/mol. The first-order valence-corrected chi connectivity index (χ1v) is 8.24. The quantitative estimate of drug-likeness (QED) is 0.884. The fourth-order valence-corrected chi connectivity index (χ4v) is 2.73. The molecule has 0 unspecified atom stereocenters. The van der Waals surface area contributed by atoms with Gasteiger partial charge in [-0.25, -0.2) is 4.79 Å². The van der Waals surface area contributed by atoms with Crippen LogP contribution in [0, 0.1) is 0 Å². The fourth-order valence-electron chi connectivity index (χ4n) is 2.07. The summed E-state index contributed by atoms with van der Waals surface area (Å²) in [7, 11) is 1.72. The van der Waals surface area contributed by atoms with Crippen molar-refractivity contribution < 1.29 is 14.3 Å². The second-order valence-corrected chi connectivity index (χ2v) is 6.03. The molecular formula is C17H20N2O3S. The molecular weight excluding hydrogens is 312 g/mol. The second kappa shape index (κ2) is 8.33. The van der Waals surface area contributed by atoms with Crippen LogP contribution in [0.25, 0.3) is 0 Å². The number of benzene rings is 1. The molecule has 0 saturated carbocycles. The summed E-state index contributed by atoms with van der Waals surface area (Å²) in [6.07, 6.45) is -0.598. The highest BCUT2D eigenvalue weighted by molar-refractivity contribution is 7.07. The number of amides is 2. The molecule has 5 nitrogen and oxygen atoms in total. The Labute approximate surface area is 139 Å². The first-order chi connectivity index (χ1) is 11.1. The number of nitrogens with zero attached hydrogens (tertiary/aromatic N) is 1. The Kier molecular flexibility index (Phi) is 6.17. The molecule has 23 heavy (non-hydrogen) atoms. The zero-order valence-electron chi connectivity index (χ0n) is 13.2. The van der Waals surface area contributed by atoms with Crippen LogP contribution in [-0.4, -0.2) is 30.0 Å². The highest BCUT2D eigenvalue weighted by atomic mass is 32.1. The van der Waals surface area contributed by atoms with Crippen molar-refractivity contribution in [3.05, 3.63) is 58.3 Å². The van der Waals surface area contributed by atoms with E-state index in [0.717, 1.165) is 11.1 Å². The number of nitrogens with one attached hydrogen (secondary N) is 1. The fraction of sp³-hybridized carbons (Fsp3) is 0.294. The molecule has 0 spiro atoms. The Balaban J connectivity index is 1.77. The highest BCUT2D eigenvalue weighted by Gasteiger charge is 2.20. The summed E-state index contributed by atoms with van der Waals surface area (Å²) in [4.78, 5) is 25.6. The number of rotatable bonds is 6. The minimum Gasteiger partial charge on any atom is -0.445 e. The molecule has 2 rings (SSSR count). The first-order valence-electron chi connectivity index (χ1n) is 7.29. The van der Waals surface area contributed by atoms with Crippen molar-refractivity contribution in [3.8, 4) is 0 Å². The van der Waals surface area contributed by atoms with Crippen molar-refractivity contribution in [2.75, 3.05) is 7.05 Å². The summed E-state index contributed by atoms with van der Waals surface area (Å²) in [5, 5.41) is 6.53. The molecule has 1 aromatic carbocycles. The van der Waals surface area contributed by atoms with Crippen LogP contribution in [-0.2, 0) is 22.7 Å². The van der Waals surface area contributed by atoms with Gasteiger partial charge in [0.15, 0.2) is 0 Å². The number of carbonyl (C=O) groups excluding carboxylic acids is 2. The van der Waals surface area contributed by atoms with E-state index in [4.69, 9.17) is 4.74 Å². The summed E-state index contributed by atoms with van der Waals surface area (Å²) in [6.45, 7) is 2.35. The van der Waals surface area contributed by atoms with E-state index < -0.39 is 12.1 Å². The molecule has 0 bridgehead atoms. The van der Waals surface area contributed by atoms with Crippen LogP contribution in [0.1, 0.15) is 18.1 Å². The van der Waals surface area contributed by atoms with Crippen LogP contribution in [0.4, 0.5) is 4.79 Å². The number of ether oxygens (including phenoxy) is 1. The Hall–Kier alpha value is -2.34. The maximum Gasteiger partial charge on any atom is 0.408 e. The van der Waals surface area contributed by atoms with Gasteiger partial charge in [-0.1, -0.05) is 30.3 Å². The predicted octanol–water partition coefficient (Wildman–Crippen LogP) is 3.02. The van der Waals surface area contributed by atoms with Gasteiger partial charge in [-0.2, -0.15) is 11.3 Å². The lowest BCUT2D eigenvalue weighted by Crippen LogP contribution is -2.45. The molecule has 1 atom stereocenters. The molecule has 1 heterocycles. The van der Waals surface area contributed by atoms with Gasteiger partial charge in [0.1, 0.15) is 12.6 Å². The SMILES string of the molecule is C[C@H](NC(=O)OCc1ccccc1)C(=O)N(C)Cc1ccsc1. The second-order valence-electron chi connectivity index (χ2n) is 5.25. The average Bonchev–Trinajstić information content (AvgIpc) is 3.06. The number of hydrogen-bond acceptors (Lipinski definition) is 4. The summed E-state index contributed by atoms with van der Waals surface area (Å²) in [6, 6.07) is 10.7.